The van der Waals surface area contributed by atoms with E-state index in [1.54, 1.807) is 19.1 Å². The molecule has 1 N–H and O–H groups in total. The Labute approximate surface area is 120 Å². The van der Waals surface area contributed by atoms with Crippen LogP contribution in [0, 0.1) is 13.8 Å². The summed E-state index contributed by atoms with van der Waals surface area (Å²) in [4.78, 5) is 9.96. The summed E-state index contributed by atoms with van der Waals surface area (Å²) in [5.41, 5.74) is 0. The van der Waals surface area contributed by atoms with Crippen molar-refractivity contribution >= 4 is 38.9 Å². The third-order valence-corrected chi connectivity index (χ3v) is 5.59. The van der Waals surface area contributed by atoms with Crippen molar-refractivity contribution in [2.75, 3.05) is 11.0 Å². The molecule has 0 aromatic carbocycles. The van der Waals surface area contributed by atoms with Crippen LogP contribution < -0.4 is 4.72 Å². The lowest BCUT2D eigenvalue weighted by Gasteiger charge is -2.07. The molecule has 0 saturated heterocycles. The van der Waals surface area contributed by atoms with E-state index in [2.05, 4.69) is 14.7 Å². The average molecular weight is 315 g/mol. The van der Waals surface area contributed by atoms with Crippen molar-refractivity contribution in [2.45, 2.75) is 23.8 Å². The van der Waals surface area contributed by atoms with Crippen LogP contribution >= 0.6 is 23.1 Å². The first-order chi connectivity index (χ1) is 8.92. The maximum Gasteiger partial charge on any atom is 0.264 e. The Morgan fingerprint density at radius 1 is 1.26 bits per heavy atom. The van der Waals surface area contributed by atoms with E-state index in [4.69, 9.17) is 0 Å². The van der Waals surface area contributed by atoms with Gasteiger partial charge in [-0.05, 0) is 26.2 Å². The number of aromatic nitrogens is 2. The molecule has 2 rings (SSSR count). The lowest BCUT2D eigenvalue weighted by Crippen LogP contribution is -2.14. The monoisotopic (exact) mass is 315 g/mol. The summed E-state index contributed by atoms with van der Waals surface area (Å²) in [7, 11) is -3.59. The number of hydrogen-bond donors (Lipinski definition) is 1. The Balaban J connectivity index is 2.33. The number of anilines is 1. The molecule has 0 radical (unpaired) electrons. The summed E-state index contributed by atoms with van der Waals surface area (Å²) < 4.78 is 27.0. The number of nitrogens with zero attached hydrogens (tertiary/aromatic N) is 2. The van der Waals surface area contributed by atoms with Crippen LogP contribution in [0.1, 0.15) is 9.75 Å². The van der Waals surface area contributed by atoms with Gasteiger partial charge in [-0.2, -0.15) is 0 Å². The summed E-state index contributed by atoms with van der Waals surface area (Å²) in [6, 6.07) is 3.27. The topological polar surface area (TPSA) is 72.0 Å². The summed E-state index contributed by atoms with van der Waals surface area (Å²) in [5.74, 6) is 0.280. The summed E-state index contributed by atoms with van der Waals surface area (Å²) in [5, 5.41) is 0.714. The molecular formula is C11H13N3O2S3. The van der Waals surface area contributed by atoms with Gasteiger partial charge >= 0.3 is 0 Å². The first-order valence-corrected chi connectivity index (χ1v) is 8.90. The van der Waals surface area contributed by atoms with E-state index < -0.39 is 10.0 Å². The van der Waals surface area contributed by atoms with Gasteiger partial charge in [0.05, 0.1) is 0 Å². The zero-order valence-corrected chi connectivity index (χ0v) is 13.1. The Hall–Kier alpha value is -1.12. The lowest BCUT2D eigenvalue weighted by molar-refractivity contribution is 0.601. The number of aryl methyl sites for hydroxylation is 2. The van der Waals surface area contributed by atoms with Gasteiger partial charge < -0.3 is 0 Å². The van der Waals surface area contributed by atoms with Crippen LogP contribution in [-0.2, 0) is 10.0 Å². The van der Waals surface area contributed by atoms with Crippen LogP contribution in [0.5, 0.6) is 0 Å². The van der Waals surface area contributed by atoms with Crippen molar-refractivity contribution in [1.29, 1.82) is 0 Å². The van der Waals surface area contributed by atoms with E-state index in [1.807, 2.05) is 13.2 Å². The van der Waals surface area contributed by atoms with Crippen molar-refractivity contribution in [3.8, 4) is 0 Å². The van der Waals surface area contributed by atoms with Crippen molar-refractivity contribution in [3.05, 3.63) is 28.2 Å². The number of thiophene rings is 1. The second-order valence-corrected chi connectivity index (χ2v) is 7.77. The summed E-state index contributed by atoms with van der Waals surface area (Å²) >= 11 is 2.89. The van der Waals surface area contributed by atoms with Crippen molar-refractivity contribution in [1.82, 2.24) is 9.97 Å². The predicted octanol–water partition coefficient (Wildman–Crippen LogP) is 2.68. The molecule has 0 fully saturated rings. The molecule has 0 amide bonds. The zero-order chi connectivity index (χ0) is 14.0. The molecule has 19 heavy (non-hydrogen) atoms. The molecule has 0 saturated carbocycles. The summed E-state index contributed by atoms with van der Waals surface area (Å²) in [6.07, 6.45) is 3.21. The SMILES string of the molecule is CSc1cc(NS(=O)(=O)c2cc(C)sc2C)ncn1. The van der Waals surface area contributed by atoms with E-state index in [1.165, 1.54) is 29.4 Å². The first-order valence-electron chi connectivity index (χ1n) is 5.38. The van der Waals surface area contributed by atoms with Crippen molar-refractivity contribution in [2.24, 2.45) is 0 Å². The number of nitrogens with one attached hydrogen (secondary N) is 1. The second-order valence-electron chi connectivity index (χ2n) is 3.83. The molecular weight excluding hydrogens is 302 g/mol. The fourth-order valence-electron chi connectivity index (χ4n) is 1.57. The molecule has 0 aliphatic carbocycles. The molecule has 0 aliphatic heterocycles. The molecule has 2 aromatic heterocycles. The van der Waals surface area contributed by atoms with E-state index in [9.17, 15) is 8.42 Å². The Morgan fingerprint density at radius 3 is 2.58 bits per heavy atom. The summed E-state index contributed by atoms with van der Waals surface area (Å²) in [6.45, 7) is 3.67. The highest BCUT2D eigenvalue weighted by Gasteiger charge is 2.19. The van der Waals surface area contributed by atoms with E-state index in [0.717, 1.165) is 9.75 Å². The van der Waals surface area contributed by atoms with Crippen LogP contribution in [0.25, 0.3) is 0 Å². The molecule has 0 unspecified atom stereocenters. The van der Waals surface area contributed by atoms with Crippen LogP contribution in [0.3, 0.4) is 0 Å². The molecule has 0 aliphatic rings. The van der Waals surface area contributed by atoms with Gasteiger partial charge in [-0.25, -0.2) is 18.4 Å². The van der Waals surface area contributed by atoms with Gasteiger partial charge in [-0.15, -0.1) is 23.1 Å². The first kappa shape index (κ1) is 14.3. The van der Waals surface area contributed by atoms with Crippen LogP contribution in [0.4, 0.5) is 5.82 Å². The average Bonchev–Trinajstić information content (AvgIpc) is 2.69. The molecule has 0 atom stereocenters. The van der Waals surface area contributed by atoms with Gasteiger partial charge in [-0.3, -0.25) is 4.72 Å². The molecule has 0 bridgehead atoms. The van der Waals surface area contributed by atoms with Crippen LogP contribution in [0.15, 0.2) is 28.4 Å². The molecule has 2 aromatic rings. The Morgan fingerprint density at radius 2 is 2.00 bits per heavy atom. The third-order valence-electron chi connectivity index (χ3n) is 2.38. The smallest absolute Gasteiger partial charge is 0.263 e. The molecule has 102 valence electrons. The van der Waals surface area contributed by atoms with E-state index in [-0.39, 0.29) is 5.82 Å². The fraction of sp³-hybridized carbons (Fsp3) is 0.273. The number of hydrogen-bond acceptors (Lipinski definition) is 6. The largest absolute Gasteiger partial charge is 0.264 e. The fourth-order valence-corrected chi connectivity index (χ4v) is 4.51. The molecule has 2 heterocycles. The highest BCUT2D eigenvalue weighted by atomic mass is 32.2. The van der Waals surface area contributed by atoms with Gasteiger partial charge in [0, 0.05) is 15.8 Å². The Kier molecular flexibility index (Phi) is 4.12. The quantitative estimate of drug-likeness (QED) is 0.694. The predicted molar refractivity (Wildman–Crippen MR) is 78.4 cm³/mol. The zero-order valence-electron chi connectivity index (χ0n) is 10.7. The normalized spacial score (nSPS) is 11.5. The lowest BCUT2D eigenvalue weighted by atomic mass is 10.4. The Bertz CT molecular complexity index is 695. The number of sulfonamides is 1. The molecule has 8 heteroatoms. The number of thioether (sulfide) groups is 1. The van der Waals surface area contributed by atoms with E-state index in [0.29, 0.717) is 9.92 Å². The minimum atomic E-state index is -3.59. The third kappa shape index (κ3) is 3.26. The standard InChI is InChI=1S/C11H13N3O2S3/c1-7-4-9(8(2)18-7)19(15,16)14-10-5-11(17-3)13-6-12-10/h4-6H,1-3H3,(H,12,13,14). The van der Waals surface area contributed by atoms with E-state index >= 15 is 0 Å². The van der Waals surface area contributed by atoms with Crippen LogP contribution in [-0.4, -0.2) is 24.6 Å². The van der Waals surface area contributed by atoms with Crippen LogP contribution in [0.2, 0.25) is 0 Å². The van der Waals surface area contributed by atoms with Gasteiger partial charge in [0.2, 0.25) is 0 Å². The van der Waals surface area contributed by atoms with Gasteiger partial charge in [0.15, 0.2) is 0 Å². The second kappa shape index (κ2) is 5.48. The van der Waals surface area contributed by atoms with Gasteiger partial charge in [-0.1, -0.05) is 0 Å². The van der Waals surface area contributed by atoms with Gasteiger partial charge in [0.25, 0.3) is 10.0 Å². The highest BCUT2D eigenvalue weighted by molar-refractivity contribution is 7.98. The minimum absolute atomic E-state index is 0.280. The minimum Gasteiger partial charge on any atom is -0.263 e. The maximum absolute atomic E-state index is 12.3. The van der Waals surface area contributed by atoms with Crippen molar-refractivity contribution < 1.29 is 8.42 Å². The molecule has 0 spiro atoms. The van der Waals surface area contributed by atoms with Gasteiger partial charge in [0.1, 0.15) is 22.1 Å². The number of rotatable bonds is 4. The maximum atomic E-state index is 12.3. The molecule has 5 nitrogen and oxygen atoms in total. The highest BCUT2D eigenvalue weighted by Crippen LogP contribution is 2.26. The van der Waals surface area contributed by atoms with Crippen molar-refractivity contribution in [3.63, 3.8) is 0 Å².